The van der Waals surface area contributed by atoms with Crippen molar-refractivity contribution >= 4 is 46.7 Å². The first-order valence-corrected chi connectivity index (χ1v) is 9.89. The average molecular weight is 438 g/mol. The highest BCUT2D eigenvalue weighted by Crippen LogP contribution is 2.23. The molecule has 0 atom stereocenters. The molecule has 3 rings (SSSR count). The van der Waals surface area contributed by atoms with Crippen molar-refractivity contribution < 1.29 is 19.0 Å². The Kier molecular flexibility index (Phi) is 8.04. The number of aliphatic imine (C=N–C) groups is 1. The largest absolute Gasteiger partial charge is 0.462 e. The third-order valence-corrected chi connectivity index (χ3v) is 4.04. The highest BCUT2D eigenvalue weighted by atomic mass is 19.1. The Hall–Kier alpha value is -4.05. The summed E-state index contributed by atoms with van der Waals surface area (Å²) in [6.07, 6.45) is 2.19. The Labute approximate surface area is 184 Å². The molecule has 0 saturated carbocycles. The van der Waals surface area contributed by atoms with Crippen LogP contribution in [0.15, 0.2) is 59.7 Å². The summed E-state index contributed by atoms with van der Waals surface area (Å²) in [6, 6.07) is 14.0. The van der Waals surface area contributed by atoms with Crippen molar-refractivity contribution in [2.45, 2.75) is 6.92 Å². The van der Waals surface area contributed by atoms with Crippen LogP contribution in [0.2, 0.25) is 0 Å². The van der Waals surface area contributed by atoms with Gasteiger partial charge in [0.15, 0.2) is 11.6 Å². The second kappa shape index (κ2) is 11.4. The van der Waals surface area contributed by atoms with Gasteiger partial charge >= 0.3 is 5.97 Å². The molecule has 0 unspecified atom stereocenters. The quantitative estimate of drug-likeness (QED) is 0.279. The van der Waals surface area contributed by atoms with Gasteiger partial charge in [0.1, 0.15) is 6.21 Å². The molecule has 10 heteroatoms. The van der Waals surface area contributed by atoms with E-state index in [4.69, 9.17) is 9.84 Å². The second-order valence-electron chi connectivity index (χ2n) is 6.43. The van der Waals surface area contributed by atoms with Crippen molar-refractivity contribution in [3.63, 3.8) is 0 Å². The number of nitrogens with one attached hydrogen (secondary N) is 3. The van der Waals surface area contributed by atoms with Crippen LogP contribution in [0.5, 0.6) is 0 Å². The Bertz CT molecular complexity index is 1080. The fourth-order valence-corrected chi connectivity index (χ4v) is 2.63. The van der Waals surface area contributed by atoms with Crippen LogP contribution in [0.1, 0.15) is 6.92 Å². The molecule has 32 heavy (non-hydrogen) atoms. The lowest BCUT2D eigenvalue weighted by Gasteiger charge is -2.11. The number of rotatable bonds is 10. The number of ether oxygens (including phenoxy) is 1. The number of hydrogen-bond donors (Lipinski definition) is 4. The Morgan fingerprint density at radius 2 is 1.94 bits per heavy atom. The van der Waals surface area contributed by atoms with Gasteiger partial charge in [-0.25, -0.2) is 19.2 Å². The van der Waals surface area contributed by atoms with E-state index in [9.17, 15) is 9.18 Å². The molecule has 9 nitrogen and oxygen atoms in total. The third kappa shape index (κ3) is 6.74. The number of halogens is 1. The van der Waals surface area contributed by atoms with E-state index < -0.39 is 11.8 Å². The zero-order valence-electron chi connectivity index (χ0n) is 17.4. The number of hydrogen-bond acceptors (Lipinski definition) is 9. The molecule has 3 aromatic rings. The minimum absolute atomic E-state index is 0.00590. The SMILES string of the molecule is CCOC(=O)C=Nc1ccc(Nc2ncc(F)c(Nc3cccc(NCCO)c3)n2)cc1. The number of anilines is 5. The number of nitrogens with zero attached hydrogens (tertiary/aromatic N) is 3. The fourth-order valence-electron chi connectivity index (χ4n) is 2.63. The molecule has 1 aromatic heterocycles. The molecule has 0 spiro atoms. The number of aromatic nitrogens is 2. The third-order valence-electron chi connectivity index (χ3n) is 4.04. The number of benzene rings is 2. The van der Waals surface area contributed by atoms with Crippen molar-refractivity contribution in [2.24, 2.45) is 4.99 Å². The minimum atomic E-state index is -0.604. The van der Waals surface area contributed by atoms with E-state index in [0.29, 0.717) is 23.6 Å². The molecule has 1 heterocycles. The summed E-state index contributed by atoms with van der Waals surface area (Å²) in [4.78, 5) is 23.5. The molecule has 0 aliphatic carbocycles. The number of carbonyl (C=O) groups is 1. The highest BCUT2D eigenvalue weighted by Gasteiger charge is 2.08. The molecular formula is C22H23FN6O3. The number of carbonyl (C=O) groups excluding carboxylic acids is 1. The lowest BCUT2D eigenvalue weighted by Crippen LogP contribution is -2.06. The highest BCUT2D eigenvalue weighted by molar-refractivity contribution is 6.23. The summed E-state index contributed by atoms with van der Waals surface area (Å²) in [5.74, 6) is -0.902. The van der Waals surface area contributed by atoms with Gasteiger partial charge in [0.2, 0.25) is 5.95 Å². The molecule has 0 aliphatic rings. The van der Waals surface area contributed by atoms with Crippen molar-refractivity contribution in [1.82, 2.24) is 9.97 Å². The van der Waals surface area contributed by atoms with Crippen LogP contribution in [-0.4, -0.2) is 47.0 Å². The molecule has 0 bridgehead atoms. The van der Waals surface area contributed by atoms with Crippen LogP contribution in [0, 0.1) is 5.82 Å². The minimum Gasteiger partial charge on any atom is -0.462 e. The monoisotopic (exact) mass is 438 g/mol. The molecule has 0 saturated heterocycles. The zero-order valence-corrected chi connectivity index (χ0v) is 17.4. The number of aliphatic hydroxyl groups is 1. The van der Waals surface area contributed by atoms with Crippen LogP contribution < -0.4 is 16.0 Å². The van der Waals surface area contributed by atoms with E-state index >= 15 is 0 Å². The van der Waals surface area contributed by atoms with Gasteiger partial charge in [-0.2, -0.15) is 4.98 Å². The topological polar surface area (TPSA) is 121 Å². The average Bonchev–Trinajstić information content (AvgIpc) is 2.80. The summed E-state index contributed by atoms with van der Waals surface area (Å²) < 4.78 is 19.0. The molecule has 166 valence electrons. The van der Waals surface area contributed by atoms with Gasteiger partial charge in [-0.1, -0.05) is 6.07 Å². The Balaban J connectivity index is 1.67. The Morgan fingerprint density at radius 1 is 1.16 bits per heavy atom. The van der Waals surface area contributed by atoms with Gasteiger partial charge in [0.05, 0.1) is 25.1 Å². The fraction of sp³-hybridized carbons (Fsp3) is 0.182. The van der Waals surface area contributed by atoms with Crippen molar-refractivity contribution in [3.05, 3.63) is 60.5 Å². The summed E-state index contributed by atoms with van der Waals surface area (Å²) in [6.45, 7) is 2.42. The van der Waals surface area contributed by atoms with Gasteiger partial charge in [-0.15, -0.1) is 0 Å². The van der Waals surface area contributed by atoms with Crippen LogP contribution >= 0.6 is 0 Å². The van der Waals surface area contributed by atoms with Crippen LogP contribution in [0.25, 0.3) is 0 Å². The van der Waals surface area contributed by atoms with E-state index in [1.54, 1.807) is 49.4 Å². The van der Waals surface area contributed by atoms with Gasteiger partial charge in [0.25, 0.3) is 0 Å². The summed E-state index contributed by atoms with van der Waals surface area (Å²) in [5, 5.41) is 17.9. The lowest BCUT2D eigenvalue weighted by molar-refractivity contribution is -0.134. The second-order valence-corrected chi connectivity index (χ2v) is 6.43. The smallest absolute Gasteiger partial charge is 0.349 e. The summed E-state index contributed by atoms with van der Waals surface area (Å²) in [5.41, 5.74) is 2.64. The summed E-state index contributed by atoms with van der Waals surface area (Å²) >= 11 is 0. The van der Waals surface area contributed by atoms with Crippen LogP contribution in [0.4, 0.5) is 38.9 Å². The maximum absolute atomic E-state index is 14.2. The van der Waals surface area contributed by atoms with Crippen molar-refractivity contribution in [1.29, 1.82) is 0 Å². The first kappa shape index (κ1) is 22.6. The molecule has 4 N–H and O–H groups in total. The first-order chi connectivity index (χ1) is 15.6. The van der Waals surface area contributed by atoms with E-state index in [-0.39, 0.29) is 25.0 Å². The van der Waals surface area contributed by atoms with Gasteiger partial charge < -0.3 is 25.8 Å². The predicted octanol–water partition coefficient (Wildman–Crippen LogP) is 3.77. The molecule has 0 radical (unpaired) electrons. The summed E-state index contributed by atoms with van der Waals surface area (Å²) in [7, 11) is 0. The van der Waals surface area contributed by atoms with Gasteiger partial charge in [-0.3, -0.25) is 0 Å². The molecule has 0 fully saturated rings. The lowest BCUT2D eigenvalue weighted by atomic mass is 10.2. The van der Waals surface area contributed by atoms with Crippen LogP contribution in [-0.2, 0) is 9.53 Å². The molecule has 0 amide bonds. The maximum atomic E-state index is 14.2. The predicted molar refractivity (Wildman–Crippen MR) is 122 cm³/mol. The first-order valence-electron chi connectivity index (χ1n) is 9.89. The Morgan fingerprint density at radius 3 is 2.69 bits per heavy atom. The van der Waals surface area contributed by atoms with E-state index in [0.717, 1.165) is 18.1 Å². The van der Waals surface area contributed by atoms with E-state index in [1.165, 1.54) is 0 Å². The van der Waals surface area contributed by atoms with Crippen LogP contribution in [0.3, 0.4) is 0 Å². The molecule has 2 aromatic carbocycles. The number of esters is 1. The van der Waals surface area contributed by atoms with Crippen molar-refractivity contribution in [3.8, 4) is 0 Å². The number of aliphatic hydroxyl groups excluding tert-OH is 1. The molecular weight excluding hydrogens is 415 g/mol. The van der Waals surface area contributed by atoms with Crippen molar-refractivity contribution in [2.75, 3.05) is 35.7 Å². The maximum Gasteiger partial charge on any atom is 0.349 e. The van der Waals surface area contributed by atoms with E-state index in [2.05, 4.69) is 30.9 Å². The zero-order chi connectivity index (χ0) is 22.8. The normalized spacial score (nSPS) is 10.7. The van der Waals surface area contributed by atoms with Gasteiger partial charge in [0, 0.05) is 23.6 Å². The van der Waals surface area contributed by atoms with Gasteiger partial charge in [-0.05, 0) is 49.4 Å². The molecule has 0 aliphatic heterocycles. The standard InChI is InChI=1S/C22H23FN6O3/c1-2-32-20(31)14-25-15-6-8-16(9-7-15)28-22-26-13-19(23)21(29-22)27-18-5-3-4-17(12-18)24-10-11-30/h3-9,12-14,24,30H,2,10-11H2,1H3,(H2,26,27,28,29). The van der Waals surface area contributed by atoms with E-state index in [1.807, 2.05) is 6.07 Å².